The van der Waals surface area contributed by atoms with Crippen LogP contribution >= 0.6 is 0 Å². The first-order chi connectivity index (χ1) is 9.85. The second-order valence-corrected chi connectivity index (χ2v) is 5.72. The van der Waals surface area contributed by atoms with Crippen LogP contribution in [0.25, 0.3) is 5.95 Å². The van der Waals surface area contributed by atoms with Crippen LogP contribution in [0, 0.1) is 5.92 Å². The maximum absolute atomic E-state index is 10.3. The highest BCUT2D eigenvalue weighted by atomic mass is 16.3. The summed E-state index contributed by atoms with van der Waals surface area (Å²) < 4.78 is 1.50. The van der Waals surface area contributed by atoms with Crippen molar-refractivity contribution >= 4 is 11.9 Å². The number of anilines is 2. The molecule has 0 saturated heterocycles. The van der Waals surface area contributed by atoms with E-state index >= 15 is 0 Å². The van der Waals surface area contributed by atoms with E-state index in [2.05, 4.69) is 39.2 Å². The summed E-state index contributed by atoms with van der Waals surface area (Å²) in [6, 6.07) is 1.76. The Balaban J connectivity index is 2.10. The zero-order valence-corrected chi connectivity index (χ0v) is 12.5. The summed E-state index contributed by atoms with van der Waals surface area (Å²) in [6.45, 7) is 6.22. The van der Waals surface area contributed by atoms with E-state index in [1.54, 1.807) is 25.4 Å². The molecule has 0 aliphatic heterocycles. The van der Waals surface area contributed by atoms with Crippen molar-refractivity contribution in [2.24, 2.45) is 5.92 Å². The van der Waals surface area contributed by atoms with Crippen LogP contribution in [-0.2, 0) is 0 Å². The van der Waals surface area contributed by atoms with Crippen LogP contribution in [0.15, 0.2) is 18.5 Å². The van der Waals surface area contributed by atoms with E-state index in [1.165, 1.54) is 4.68 Å². The first-order valence-electron chi connectivity index (χ1n) is 6.83. The number of nitrogens with zero attached hydrogens (tertiary/aromatic N) is 5. The molecule has 0 amide bonds. The predicted molar refractivity (Wildman–Crippen MR) is 79.9 cm³/mol. The molecule has 0 spiro atoms. The van der Waals surface area contributed by atoms with Gasteiger partial charge in [0.15, 0.2) is 0 Å². The molecule has 2 rings (SSSR count). The average molecular weight is 291 g/mol. The minimum atomic E-state index is -0.846. The molecule has 0 saturated carbocycles. The molecule has 0 bridgehead atoms. The SMILES string of the molecule is CC(C)CC(C)(O)CNc1nc(N)nc(-n2cccn2)n1. The Kier molecular flexibility index (Phi) is 4.37. The molecule has 21 heavy (non-hydrogen) atoms. The van der Waals surface area contributed by atoms with Gasteiger partial charge in [0.1, 0.15) is 0 Å². The molecule has 2 aromatic heterocycles. The molecule has 0 aliphatic rings. The van der Waals surface area contributed by atoms with Gasteiger partial charge in [-0.1, -0.05) is 13.8 Å². The Hall–Kier alpha value is -2.22. The molecule has 0 aliphatic carbocycles. The first-order valence-corrected chi connectivity index (χ1v) is 6.83. The van der Waals surface area contributed by atoms with Crippen molar-refractivity contribution in [2.45, 2.75) is 32.8 Å². The molecular formula is C13H21N7O. The van der Waals surface area contributed by atoms with Crippen LogP contribution in [0.3, 0.4) is 0 Å². The molecule has 0 radical (unpaired) electrons. The van der Waals surface area contributed by atoms with Gasteiger partial charge < -0.3 is 16.2 Å². The van der Waals surface area contributed by atoms with Crippen molar-refractivity contribution in [2.75, 3.05) is 17.6 Å². The van der Waals surface area contributed by atoms with Crippen LogP contribution in [0.1, 0.15) is 27.2 Å². The van der Waals surface area contributed by atoms with Gasteiger partial charge in [-0.15, -0.1) is 0 Å². The minimum Gasteiger partial charge on any atom is -0.388 e. The molecule has 2 aromatic rings. The molecular weight excluding hydrogens is 270 g/mol. The van der Waals surface area contributed by atoms with Crippen molar-refractivity contribution in [1.29, 1.82) is 0 Å². The van der Waals surface area contributed by atoms with E-state index < -0.39 is 5.60 Å². The maximum atomic E-state index is 10.3. The fourth-order valence-electron chi connectivity index (χ4n) is 2.17. The zero-order valence-electron chi connectivity index (χ0n) is 12.5. The molecule has 2 heterocycles. The highest BCUT2D eigenvalue weighted by Gasteiger charge is 2.22. The lowest BCUT2D eigenvalue weighted by Crippen LogP contribution is -2.35. The highest BCUT2D eigenvalue weighted by Crippen LogP contribution is 2.17. The topological polar surface area (TPSA) is 115 Å². The number of nitrogen functional groups attached to an aromatic ring is 1. The fourth-order valence-corrected chi connectivity index (χ4v) is 2.17. The third-order valence-electron chi connectivity index (χ3n) is 2.83. The van der Waals surface area contributed by atoms with Gasteiger partial charge in [0.05, 0.1) is 5.60 Å². The summed E-state index contributed by atoms with van der Waals surface area (Å²) >= 11 is 0. The van der Waals surface area contributed by atoms with Gasteiger partial charge in [-0.05, 0) is 25.3 Å². The number of nitrogens with two attached hydrogens (primary N) is 1. The summed E-state index contributed by atoms with van der Waals surface area (Å²) in [6.07, 6.45) is 4.01. The zero-order chi connectivity index (χ0) is 15.5. The molecule has 114 valence electrons. The number of hydrogen-bond acceptors (Lipinski definition) is 7. The van der Waals surface area contributed by atoms with E-state index in [-0.39, 0.29) is 5.95 Å². The number of aliphatic hydroxyl groups is 1. The van der Waals surface area contributed by atoms with Crippen LogP contribution in [0.2, 0.25) is 0 Å². The molecule has 0 aromatic carbocycles. The van der Waals surface area contributed by atoms with Crippen molar-refractivity contribution in [3.05, 3.63) is 18.5 Å². The fraction of sp³-hybridized carbons (Fsp3) is 0.538. The Morgan fingerprint density at radius 1 is 1.38 bits per heavy atom. The van der Waals surface area contributed by atoms with Crippen molar-refractivity contribution in [3.8, 4) is 5.95 Å². The van der Waals surface area contributed by atoms with Gasteiger partial charge in [-0.2, -0.15) is 20.1 Å². The highest BCUT2D eigenvalue weighted by molar-refractivity contribution is 5.35. The Morgan fingerprint density at radius 3 is 2.76 bits per heavy atom. The summed E-state index contributed by atoms with van der Waals surface area (Å²) in [4.78, 5) is 12.3. The van der Waals surface area contributed by atoms with Gasteiger partial charge in [-0.25, -0.2) is 4.68 Å². The molecule has 8 heteroatoms. The van der Waals surface area contributed by atoms with Crippen LogP contribution in [0.4, 0.5) is 11.9 Å². The number of hydrogen-bond donors (Lipinski definition) is 3. The molecule has 0 fully saturated rings. The molecule has 4 N–H and O–H groups in total. The first kappa shape index (κ1) is 15.2. The summed E-state index contributed by atoms with van der Waals surface area (Å²) in [7, 11) is 0. The van der Waals surface area contributed by atoms with Crippen LogP contribution in [-0.4, -0.2) is 42.0 Å². The van der Waals surface area contributed by atoms with Crippen LogP contribution < -0.4 is 11.1 Å². The predicted octanol–water partition coefficient (Wildman–Crippen LogP) is 0.848. The van der Waals surface area contributed by atoms with Crippen molar-refractivity contribution in [1.82, 2.24) is 24.7 Å². The molecule has 1 unspecified atom stereocenters. The number of nitrogens with one attached hydrogen (secondary N) is 1. The van der Waals surface area contributed by atoms with E-state index in [4.69, 9.17) is 5.73 Å². The normalized spacial score (nSPS) is 14.1. The molecule has 1 atom stereocenters. The lowest BCUT2D eigenvalue weighted by Gasteiger charge is -2.25. The van der Waals surface area contributed by atoms with Gasteiger partial charge >= 0.3 is 0 Å². The molecule has 8 nitrogen and oxygen atoms in total. The summed E-state index contributed by atoms with van der Waals surface area (Å²) in [5.74, 6) is 1.14. The largest absolute Gasteiger partial charge is 0.388 e. The van der Waals surface area contributed by atoms with Gasteiger partial charge in [0.2, 0.25) is 11.9 Å². The number of rotatable bonds is 6. The lowest BCUT2D eigenvalue weighted by molar-refractivity contribution is 0.0514. The quantitative estimate of drug-likeness (QED) is 0.722. The number of aromatic nitrogens is 5. The van der Waals surface area contributed by atoms with Gasteiger partial charge in [-0.3, -0.25) is 0 Å². The Labute approximate surface area is 123 Å². The van der Waals surface area contributed by atoms with Crippen molar-refractivity contribution < 1.29 is 5.11 Å². The smallest absolute Gasteiger partial charge is 0.257 e. The maximum Gasteiger partial charge on any atom is 0.257 e. The Morgan fingerprint density at radius 2 is 2.14 bits per heavy atom. The van der Waals surface area contributed by atoms with E-state index in [0.717, 1.165) is 0 Å². The monoisotopic (exact) mass is 291 g/mol. The lowest BCUT2D eigenvalue weighted by atomic mass is 9.94. The standard InChI is InChI=1S/C13H21N7O/c1-9(2)7-13(3,21)8-15-11-17-10(14)18-12(19-11)20-6-4-5-16-20/h4-6,9,21H,7-8H2,1-3H3,(H3,14,15,17,18,19). The van der Waals surface area contributed by atoms with E-state index in [9.17, 15) is 5.11 Å². The summed E-state index contributed by atoms with van der Waals surface area (Å²) in [5.41, 5.74) is 4.83. The van der Waals surface area contributed by atoms with E-state index in [1.807, 2.05) is 0 Å². The third kappa shape index (κ3) is 4.38. The van der Waals surface area contributed by atoms with Gasteiger partial charge in [0, 0.05) is 18.9 Å². The summed E-state index contributed by atoms with van der Waals surface area (Å²) in [5, 5.41) is 17.3. The van der Waals surface area contributed by atoms with Gasteiger partial charge in [0.25, 0.3) is 5.95 Å². The van der Waals surface area contributed by atoms with E-state index in [0.29, 0.717) is 30.8 Å². The third-order valence-corrected chi connectivity index (χ3v) is 2.83. The van der Waals surface area contributed by atoms with Crippen molar-refractivity contribution in [3.63, 3.8) is 0 Å². The minimum absolute atomic E-state index is 0.0986. The average Bonchev–Trinajstić information content (AvgIpc) is 2.88. The second-order valence-electron chi connectivity index (χ2n) is 5.72. The Bertz CT molecular complexity index is 580. The second kappa shape index (κ2) is 6.04. The van der Waals surface area contributed by atoms with Crippen LogP contribution in [0.5, 0.6) is 0 Å².